The molecular formula is C26H24N4O3S. The molecule has 5 rings (SSSR count). The second kappa shape index (κ2) is 8.53. The summed E-state index contributed by atoms with van der Waals surface area (Å²) in [5.74, 6) is 0.521. The monoisotopic (exact) mass is 472 g/mol. The molecule has 1 aliphatic heterocycles. The molecule has 2 heterocycles. The van der Waals surface area contributed by atoms with Crippen molar-refractivity contribution in [2.24, 2.45) is 0 Å². The van der Waals surface area contributed by atoms with E-state index >= 15 is 0 Å². The van der Waals surface area contributed by atoms with Gasteiger partial charge in [-0.2, -0.15) is 0 Å². The zero-order valence-electron chi connectivity index (χ0n) is 19.1. The molecule has 34 heavy (non-hydrogen) atoms. The third kappa shape index (κ3) is 3.70. The smallest absolute Gasteiger partial charge is 0.250 e. The highest BCUT2D eigenvalue weighted by Crippen LogP contribution is 2.38. The van der Waals surface area contributed by atoms with Crippen molar-refractivity contribution in [1.82, 2.24) is 9.55 Å². The molecule has 0 fully saturated rings. The Hall–Kier alpha value is -3.78. The number of anilines is 2. The number of fused-ring (bicyclic) bond motifs is 2. The minimum Gasteiger partial charge on any atom is -0.497 e. The summed E-state index contributed by atoms with van der Waals surface area (Å²) in [7, 11) is 1.63. The van der Waals surface area contributed by atoms with Crippen LogP contribution in [0.5, 0.6) is 5.75 Å². The van der Waals surface area contributed by atoms with Gasteiger partial charge in [-0.05, 0) is 62.4 Å². The van der Waals surface area contributed by atoms with Gasteiger partial charge in [0, 0.05) is 5.69 Å². The fourth-order valence-corrected chi connectivity index (χ4v) is 5.05. The molecule has 1 N–H and O–H groups in total. The first-order chi connectivity index (χ1) is 16.4. The quantitative estimate of drug-likeness (QED) is 0.419. The predicted octanol–water partition coefficient (Wildman–Crippen LogP) is 4.89. The lowest BCUT2D eigenvalue weighted by Gasteiger charge is -2.42. The summed E-state index contributed by atoms with van der Waals surface area (Å²) >= 11 is 1.35. The van der Waals surface area contributed by atoms with E-state index in [1.165, 1.54) is 11.8 Å². The van der Waals surface area contributed by atoms with Crippen LogP contribution in [0.2, 0.25) is 0 Å². The van der Waals surface area contributed by atoms with Crippen LogP contribution in [0.25, 0.3) is 16.7 Å². The lowest BCUT2D eigenvalue weighted by molar-refractivity contribution is -0.125. The van der Waals surface area contributed by atoms with Gasteiger partial charge in [0.1, 0.15) is 11.3 Å². The number of hydrogen-bond acceptors (Lipinski definition) is 5. The second-order valence-corrected chi connectivity index (χ2v) is 9.41. The van der Waals surface area contributed by atoms with E-state index in [-0.39, 0.29) is 17.6 Å². The molecule has 3 aromatic carbocycles. The molecule has 7 nitrogen and oxygen atoms in total. The lowest BCUT2D eigenvalue weighted by Crippen LogP contribution is -2.59. The predicted molar refractivity (Wildman–Crippen MR) is 135 cm³/mol. The van der Waals surface area contributed by atoms with Gasteiger partial charge in [-0.15, -0.1) is 0 Å². The van der Waals surface area contributed by atoms with Crippen LogP contribution in [0.3, 0.4) is 0 Å². The summed E-state index contributed by atoms with van der Waals surface area (Å²) in [6, 6.07) is 23.0. The molecule has 0 atom stereocenters. The number of thioether (sulfide) groups is 1. The van der Waals surface area contributed by atoms with E-state index in [0.29, 0.717) is 16.5 Å². The summed E-state index contributed by atoms with van der Waals surface area (Å²) in [4.78, 5) is 32.6. The van der Waals surface area contributed by atoms with Gasteiger partial charge >= 0.3 is 0 Å². The van der Waals surface area contributed by atoms with E-state index < -0.39 is 5.54 Å². The van der Waals surface area contributed by atoms with Crippen LogP contribution in [0.4, 0.5) is 11.4 Å². The van der Waals surface area contributed by atoms with Gasteiger partial charge in [0.25, 0.3) is 0 Å². The standard InChI is InChI=1S/C26H24N4O3S/c1-26(2)24(32)27-20-9-5-7-11-22(20)30(26)23(31)16-34-25-28-19-8-4-6-10-21(19)29(25)17-12-14-18(33-3)15-13-17/h4-15H,16H2,1-3H3,(H,27,32). The fraction of sp³-hybridized carbons (Fsp3) is 0.192. The first-order valence-corrected chi connectivity index (χ1v) is 11.9. The number of nitrogens with zero attached hydrogens (tertiary/aromatic N) is 3. The first kappa shape index (κ1) is 22.0. The Morgan fingerprint density at radius 1 is 1.03 bits per heavy atom. The van der Waals surface area contributed by atoms with Gasteiger partial charge in [-0.3, -0.25) is 19.1 Å². The van der Waals surface area contributed by atoms with Crippen molar-refractivity contribution in [2.75, 3.05) is 23.1 Å². The number of amides is 2. The van der Waals surface area contributed by atoms with Crippen molar-refractivity contribution >= 4 is 46.0 Å². The van der Waals surface area contributed by atoms with E-state index in [4.69, 9.17) is 9.72 Å². The lowest BCUT2D eigenvalue weighted by atomic mass is 9.96. The number of carbonyl (C=O) groups excluding carboxylic acids is 2. The molecule has 0 aliphatic carbocycles. The van der Waals surface area contributed by atoms with Gasteiger partial charge in [-0.1, -0.05) is 36.0 Å². The van der Waals surface area contributed by atoms with Crippen molar-refractivity contribution in [3.63, 3.8) is 0 Å². The molecular weight excluding hydrogens is 448 g/mol. The molecule has 4 aromatic rings. The number of imidazole rings is 1. The number of hydrogen-bond donors (Lipinski definition) is 1. The molecule has 2 amide bonds. The van der Waals surface area contributed by atoms with Gasteiger partial charge in [-0.25, -0.2) is 4.98 Å². The number of para-hydroxylation sites is 4. The van der Waals surface area contributed by atoms with E-state index in [9.17, 15) is 9.59 Å². The summed E-state index contributed by atoms with van der Waals surface area (Å²) in [6.45, 7) is 3.51. The molecule has 8 heteroatoms. The van der Waals surface area contributed by atoms with Crippen LogP contribution in [-0.2, 0) is 9.59 Å². The highest BCUT2D eigenvalue weighted by atomic mass is 32.2. The number of benzene rings is 3. The molecule has 0 radical (unpaired) electrons. The van der Waals surface area contributed by atoms with Crippen molar-refractivity contribution < 1.29 is 14.3 Å². The number of aromatic nitrogens is 2. The highest BCUT2D eigenvalue weighted by Gasteiger charge is 2.43. The first-order valence-electron chi connectivity index (χ1n) is 10.9. The van der Waals surface area contributed by atoms with Crippen LogP contribution >= 0.6 is 11.8 Å². The van der Waals surface area contributed by atoms with Gasteiger partial charge in [0.05, 0.1) is 35.3 Å². The van der Waals surface area contributed by atoms with Crippen LogP contribution < -0.4 is 15.0 Å². The zero-order chi connectivity index (χ0) is 23.9. The Balaban J connectivity index is 1.49. The third-order valence-corrected chi connectivity index (χ3v) is 6.87. The van der Waals surface area contributed by atoms with E-state index in [1.807, 2.05) is 71.3 Å². The molecule has 0 bridgehead atoms. The minimum absolute atomic E-state index is 0.129. The van der Waals surface area contributed by atoms with Gasteiger partial charge in [0.15, 0.2) is 5.16 Å². The normalized spacial score (nSPS) is 14.6. The molecule has 172 valence electrons. The molecule has 0 spiro atoms. The Morgan fingerprint density at radius 3 is 2.50 bits per heavy atom. The summed E-state index contributed by atoms with van der Waals surface area (Å²) in [5.41, 5.74) is 3.04. The maximum Gasteiger partial charge on any atom is 0.250 e. The van der Waals surface area contributed by atoms with Crippen LogP contribution in [0.1, 0.15) is 13.8 Å². The number of carbonyl (C=O) groups is 2. The number of methoxy groups -OCH3 is 1. The third-order valence-electron chi connectivity index (χ3n) is 5.94. The molecule has 0 saturated heterocycles. The molecule has 1 aromatic heterocycles. The Kier molecular flexibility index (Phi) is 5.53. The van der Waals surface area contributed by atoms with Crippen LogP contribution in [0.15, 0.2) is 78.0 Å². The Morgan fingerprint density at radius 2 is 1.74 bits per heavy atom. The largest absolute Gasteiger partial charge is 0.497 e. The Bertz CT molecular complexity index is 1390. The van der Waals surface area contributed by atoms with Crippen molar-refractivity contribution in [3.8, 4) is 11.4 Å². The van der Waals surface area contributed by atoms with Gasteiger partial charge < -0.3 is 10.1 Å². The number of rotatable bonds is 5. The summed E-state index contributed by atoms with van der Waals surface area (Å²) in [6.07, 6.45) is 0. The van der Waals surface area contributed by atoms with Gasteiger partial charge in [0.2, 0.25) is 11.8 Å². The van der Waals surface area contributed by atoms with Crippen LogP contribution in [-0.4, -0.2) is 39.8 Å². The average molecular weight is 473 g/mol. The van der Waals surface area contributed by atoms with E-state index in [1.54, 1.807) is 31.9 Å². The maximum absolute atomic E-state index is 13.5. The SMILES string of the molecule is COc1ccc(-n2c(SCC(=O)N3c4ccccc4NC(=O)C3(C)C)nc3ccccc32)cc1. The summed E-state index contributed by atoms with van der Waals surface area (Å²) in [5, 5.41) is 3.60. The maximum atomic E-state index is 13.5. The average Bonchev–Trinajstić information content (AvgIpc) is 3.21. The van der Waals surface area contributed by atoms with Crippen molar-refractivity contribution in [3.05, 3.63) is 72.8 Å². The fourth-order valence-electron chi connectivity index (χ4n) is 4.17. The highest BCUT2D eigenvalue weighted by molar-refractivity contribution is 7.99. The minimum atomic E-state index is -1.01. The zero-order valence-corrected chi connectivity index (χ0v) is 19.9. The molecule has 0 unspecified atom stereocenters. The number of nitrogens with one attached hydrogen (secondary N) is 1. The van der Waals surface area contributed by atoms with E-state index in [2.05, 4.69) is 5.32 Å². The Labute approximate surface area is 201 Å². The summed E-state index contributed by atoms with van der Waals surface area (Å²) < 4.78 is 7.33. The second-order valence-electron chi connectivity index (χ2n) is 8.46. The topological polar surface area (TPSA) is 76.5 Å². The van der Waals surface area contributed by atoms with E-state index in [0.717, 1.165) is 22.5 Å². The van der Waals surface area contributed by atoms with Crippen molar-refractivity contribution in [1.29, 1.82) is 0 Å². The van der Waals surface area contributed by atoms with Crippen molar-refractivity contribution in [2.45, 2.75) is 24.5 Å². The number of ether oxygens (including phenoxy) is 1. The molecule has 0 saturated carbocycles. The van der Waals surface area contributed by atoms with Crippen LogP contribution in [0, 0.1) is 0 Å². The molecule has 1 aliphatic rings.